The van der Waals surface area contributed by atoms with E-state index in [0.717, 1.165) is 25.2 Å². The molecule has 150 valence electrons. The van der Waals surface area contributed by atoms with Crippen LogP contribution in [-0.4, -0.2) is 59.1 Å². The summed E-state index contributed by atoms with van der Waals surface area (Å²) in [6.45, 7) is 15.2. The summed E-state index contributed by atoms with van der Waals surface area (Å²) in [5.41, 5.74) is 1.05. The standard InChI is InChI=1S/C21H33N3O3/c1-20(2,3)22-18(25)17-9-7-8-16(14-17)15-23-10-12-24(13-11-23)19(26)27-21(4,5)6/h7-9,14H,10-13,15H2,1-6H3,(H,22,25). The molecule has 0 aromatic heterocycles. The molecular weight excluding hydrogens is 342 g/mol. The molecule has 1 aromatic carbocycles. The van der Waals surface area contributed by atoms with Gasteiger partial charge in [0, 0.05) is 43.8 Å². The average Bonchev–Trinajstić information content (AvgIpc) is 2.52. The summed E-state index contributed by atoms with van der Waals surface area (Å²) in [6.07, 6.45) is -0.247. The van der Waals surface area contributed by atoms with Crippen molar-refractivity contribution >= 4 is 12.0 Å². The quantitative estimate of drug-likeness (QED) is 0.881. The van der Waals surface area contributed by atoms with Gasteiger partial charge in [0.15, 0.2) is 0 Å². The highest BCUT2D eigenvalue weighted by Gasteiger charge is 2.26. The Morgan fingerprint density at radius 2 is 1.67 bits per heavy atom. The molecule has 2 rings (SSSR count). The van der Waals surface area contributed by atoms with E-state index in [0.29, 0.717) is 18.7 Å². The van der Waals surface area contributed by atoms with E-state index in [9.17, 15) is 9.59 Å². The SMILES string of the molecule is CC(C)(C)NC(=O)c1cccc(CN2CCN(C(=O)OC(C)(C)C)CC2)c1. The number of rotatable bonds is 3. The number of hydrogen-bond acceptors (Lipinski definition) is 4. The maximum Gasteiger partial charge on any atom is 0.410 e. The molecule has 1 fully saturated rings. The summed E-state index contributed by atoms with van der Waals surface area (Å²) >= 11 is 0. The van der Waals surface area contributed by atoms with Gasteiger partial charge in [-0.25, -0.2) is 4.79 Å². The molecule has 0 saturated carbocycles. The van der Waals surface area contributed by atoms with Crippen LogP contribution in [0.25, 0.3) is 0 Å². The molecule has 0 unspecified atom stereocenters. The first-order valence-corrected chi connectivity index (χ1v) is 9.55. The third-order valence-corrected chi connectivity index (χ3v) is 4.11. The lowest BCUT2D eigenvalue weighted by Gasteiger charge is -2.35. The fraction of sp³-hybridized carbons (Fsp3) is 0.619. The molecule has 6 nitrogen and oxygen atoms in total. The van der Waals surface area contributed by atoms with Crippen LogP contribution < -0.4 is 5.32 Å². The van der Waals surface area contributed by atoms with E-state index < -0.39 is 5.60 Å². The summed E-state index contributed by atoms with van der Waals surface area (Å²) in [7, 11) is 0. The normalized spacial score (nSPS) is 16.1. The number of nitrogens with one attached hydrogen (secondary N) is 1. The number of ether oxygens (including phenoxy) is 1. The van der Waals surface area contributed by atoms with E-state index in [2.05, 4.69) is 10.2 Å². The van der Waals surface area contributed by atoms with Crippen molar-refractivity contribution in [2.75, 3.05) is 26.2 Å². The van der Waals surface area contributed by atoms with Crippen LogP contribution >= 0.6 is 0 Å². The Hall–Kier alpha value is -2.08. The summed E-state index contributed by atoms with van der Waals surface area (Å²) in [4.78, 5) is 28.6. The molecule has 1 N–H and O–H groups in total. The van der Waals surface area contributed by atoms with E-state index in [-0.39, 0.29) is 17.5 Å². The average molecular weight is 376 g/mol. The van der Waals surface area contributed by atoms with E-state index in [1.165, 1.54) is 0 Å². The highest BCUT2D eigenvalue weighted by Crippen LogP contribution is 2.14. The third kappa shape index (κ3) is 7.21. The molecule has 0 aliphatic carbocycles. The van der Waals surface area contributed by atoms with Crippen molar-refractivity contribution in [3.05, 3.63) is 35.4 Å². The molecular formula is C21H33N3O3. The highest BCUT2D eigenvalue weighted by molar-refractivity contribution is 5.94. The number of piperazine rings is 1. The van der Waals surface area contributed by atoms with Gasteiger partial charge in [0.1, 0.15) is 5.60 Å². The number of hydrogen-bond donors (Lipinski definition) is 1. The van der Waals surface area contributed by atoms with E-state index >= 15 is 0 Å². The number of carbonyl (C=O) groups excluding carboxylic acids is 2. The topological polar surface area (TPSA) is 61.9 Å². The fourth-order valence-electron chi connectivity index (χ4n) is 2.90. The van der Waals surface area contributed by atoms with Gasteiger partial charge in [0.2, 0.25) is 0 Å². The van der Waals surface area contributed by atoms with Gasteiger partial charge >= 0.3 is 6.09 Å². The summed E-state index contributed by atoms with van der Waals surface area (Å²) < 4.78 is 5.44. The second-order valence-electron chi connectivity index (χ2n) is 9.15. The molecule has 1 aliphatic heterocycles. The first-order valence-electron chi connectivity index (χ1n) is 9.55. The summed E-state index contributed by atoms with van der Waals surface area (Å²) in [5, 5.41) is 2.99. The summed E-state index contributed by atoms with van der Waals surface area (Å²) in [6, 6.07) is 7.74. The predicted molar refractivity (Wildman–Crippen MR) is 107 cm³/mol. The molecule has 1 saturated heterocycles. The molecule has 0 radical (unpaired) electrons. The Morgan fingerprint density at radius 1 is 1.04 bits per heavy atom. The van der Waals surface area contributed by atoms with Crippen LogP contribution in [0.2, 0.25) is 0 Å². The minimum atomic E-state index is -0.470. The molecule has 27 heavy (non-hydrogen) atoms. The van der Waals surface area contributed by atoms with Crippen LogP contribution in [0.3, 0.4) is 0 Å². The third-order valence-electron chi connectivity index (χ3n) is 4.11. The predicted octanol–water partition coefficient (Wildman–Crippen LogP) is 3.27. The van der Waals surface area contributed by atoms with Crippen molar-refractivity contribution in [1.29, 1.82) is 0 Å². The molecule has 1 heterocycles. The monoisotopic (exact) mass is 375 g/mol. The zero-order valence-corrected chi connectivity index (χ0v) is 17.5. The van der Waals surface area contributed by atoms with Crippen LogP contribution in [0.4, 0.5) is 4.79 Å². The Morgan fingerprint density at radius 3 is 2.22 bits per heavy atom. The van der Waals surface area contributed by atoms with Gasteiger partial charge < -0.3 is 15.0 Å². The van der Waals surface area contributed by atoms with Crippen molar-refractivity contribution in [2.24, 2.45) is 0 Å². The van der Waals surface area contributed by atoms with Crippen LogP contribution in [0.1, 0.15) is 57.5 Å². The molecule has 1 aliphatic rings. The second-order valence-corrected chi connectivity index (χ2v) is 9.15. The smallest absolute Gasteiger partial charge is 0.410 e. The lowest BCUT2D eigenvalue weighted by molar-refractivity contribution is 0.0139. The minimum Gasteiger partial charge on any atom is -0.444 e. The zero-order valence-electron chi connectivity index (χ0n) is 17.5. The lowest BCUT2D eigenvalue weighted by Crippen LogP contribution is -2.49. The molecule has 1 aromatic rings. The molecule has 0 spiro atoms. The first-order chi connectivity index (χ1) is 12.4. The Kier molecular flexibility index (Phi) is 6.52. The maximum atomic E-state index is 12.4. The largest absolute Gasteiger partial charge is 0.444 e. The van der Waals surface area contributed by atoms with E-state index in [1.807, 2.05) is 65.8 Å². The zero-order chi connectivity index (χ0) is 20.2. The summed E-state index contributed by atoms with van der Waals surface area (Å²) in [5.74, 6) is -0.0564. The number of amides is 2. The minimum absolute atomic E-state index is 0.0564. The molecule has 6 heteroatoms. The molecule has 0 atom stereocenters. The Bertz CT molecular complexity index is 666. The van der Waals surface area contributed by atoms with Gasteiger partial charge in [-0.1, -0.05) is 12.1 Å². The second kappa shape index (κ2) is 8.30. The fourth-order valence-corrected chi connectivity index (χ4v) is 2.90. The van der Waals surface area contributed by atoms with Gasteiger partial charge in [-0.3, -0.25) is 9.69 Å². The number of carbonyl (C=O) groups is 2. The van der Waals surface area contributed by atoms with Crippen molar-refractivity contribution in [3.8, 4) is 0 Å². The highest BCUT2D eigenvalue weighted by atomic mass is 16.6. The van der Waals surface area contributed by atoms with Gasteiger partial charge in [0.25, 0.3) is 5.91 Å². The van der Waals surface area contributed by atoms with Gasteiger partial charge in [-0.15, -0.1) is 0 Å². The number of nitrogens with zero attached hydrogens (tertiary/aromatic N) is 2. The van der Waals surface area contributed by atoms with Crippen molar-refractivity contribution in [1.82, 2.24) is 15.1 Å². The van der Waals surface area contributed by atoms with Crippen molar-refractivity contribution in [3.63, 3.8) is 0 Å². The molecule has 0 bridgehead atoms. The van der Waals surface area contributed by atoms with Crippen LogP contribution in [0.5, 0.6) is 0 Å². The van der Waals surface area contributed by atoms with Crippen LogP contribution in [-0.2, 0) is 11.3 Å². The van der Waals surface area contributed by atoms with Crippen molar-refractivity contribution in [2.45, 2.75) is 59.2 Å². The van der Waals surface area contributed by atoms with Gasteiger partial charge in [-0.05, 0) is 59.2 Å². The van der Waals surface area contributed by atoms with Crippen LogP contribution in [0.15, 0.2) is 24.3 Å². The number of benzene rings is 1. The Balaban J connectivity index is 1.89. The van der Waals surface area contributed by atoms with E-state index in [4.69, 9.17) is 4.74 Å². The first kappa shape index (κ1) is 21.2. The van der Waals surface area contributed by atoms with Crippen molar-refractivity contribution < 1.29 is 14.3 Å². The Labute approximate surface area is 162 Å². The maximum absolute atomic E-state index is 12.4. The van der Waals surface area contributed by atoms with E-state index in [1.54, 1.807) is 4.90 Å². The molecule has 2 amide bonds. The lowest BCUT2D eigenvalue weighted by atomic mass is 10.1. The van der Waals surface area contributed by atoms with Gasteiger partial charge in [0.05, 0.1) is 0 Å². The van der Waals surface area contributed by atoms with Gasteiger partial charge in [-0.2, -0.15) is 0 Å². The van der Waals surface area contributed by atoms with Crippen LogP contribution in [0, 0.1) is 0 Å².